The van der Waals surface area contributed by atoms with E-state index in [1.807, 2.05) is 63.2 Å². The van der Waals surface area contributed by atoms with Gasteiger partial charge in [-0.05, 0) is 49.0 Å². The van der Waals surface area contributed by atoms with Crippen LogP contribution in [-0.4, -0.2) is 19.4 Å². The average molecular weight is 600 g/mol. The summed E-state index contributed by atoms with van der Waals surface area (Å²) in [5.41, 5.74) is 6.36. The van der Waals surface area contributed by atoms with Crippen molar-refractivity contribution >= 4 is 5.65 Å². The van der Waals surface area contributed by atoms with Crippen LogP contribution in [0.15, 0.2) is 78.0 Å². The van der Waals surface area contributed by atoms with Crippen molar-refractivity contribution in [1.29, 1.82) is 0 Å². The van der Waals surface area contributed by atoms with Crippen molar-refractivity contribution in [2.75, 3.05) is 0 Å². The fraction of sp³-hybridized carbons (Fsp3) is 0.120. The molecule has 4 heterocycles. The second kappa shape index (κ2) is 10.3. The van der Waals surface area contributed by atoms with Crippen LogP contribution in [0.3, 0.4) is 0 Å². The van der Waals surface area contributed by atoms with Crippen molar-refractivity contribution in [3.8, 4) is 22.8 Å². The first kappa shape index (κ1) is 23.3. The van der Waals surface area contributed by atoms with Crippen LogP contribution in [0.2, 0.25) is 0 Å². The van der Waals surface area contributed by atoms with Gasteiger partial charge in [0.15, 0.2) is 5.56 Å². The van der Waals surface area contributed by atoms with Crippen LogP contribution in [0.5, 0.6) is 0 Å². The van der Waals surface area contributed by atoms with Crippen molar-refractivity contribution in [2.45, 2.75) is 20.8 Å². The molecule has 0 amide bonds. The summed E-state index contributed by atoms with van der Waals surface area (Å²) in [6, 6.07) is 17.0. The van der Waals surface area contributed by atoms with Gasteiger partial charge in [-0.2, -0.15) is 0 Å². The Hall–Kier alpha value is -3.41. The molecule has 0 bridgehead atoms. The summed E-state index contributed by atoms with van der Waals surface area (Å²) in [6.07, 6.45) is 7.95. The van der Waals surface area contributed by atoms with Crippen molar-refractivity contribution in [1.82, 2.24) is 24.3 Å². The monoisotopic (exact) mass is 600 g/mol. The predicted molar refractivity (Wildman–Crippen MR) is 121 cm³/mol. The van der Waals surface area contributed by atoms with Gasteiger partial charge in [0, 0.05) is 31.9 Å². The minimum atomic E-state index is -0.101. The Morgan fingerprint density at radius 1 is 0.875 bits per heavy atom. The zero-order valence-corrected chi connectivity index (χ0v) is 20.3. The van der Waals surface area contributed by atoms with Gasteiger partial charge in [-0.3, -0.25) is 9.97 Å². The number of nitrogens with zero attached hydrogens (tertiary/aromatic N) is 5. The maximum atomic E-state index is 12.2. The van der Waals surface area contributed by atoms with E-state index in [-0.39, 0.29) is 25.7 Å². The van der Waals surface area contributed by atoms with E-state index in [1.54, 1.807) is 30.7 Å². The summed E-state index contributed by atoms with van der Waals surface area (Å²) in [6.45, 7) is 6.02. The van der Waals surface area contributed by atoms with Gasteiger partial charge in [-0.1, -0.05) is 55.3 Å². The summed E-state index contributed by atoms with van der Waals surface area (Å²) in [5, 5.41) is 0. The van der Waals surface area contributed by atoms with E-state index < -0.39 is 0 Å². The van der Waals surface area contributed by atoms with E-state index in [1.165, 1.54) is 4.40 Å². The Morgan fingerprint density at radius 3 is 2.31 bits per heavy atom. The third-order valence-corrected chi connectivity index (χ3v) is 4.90. The van der Waals surface area contributed by atoms with Crippen LogP contribution in [0.4, 0.5) is 0 Å². The van der Waals surface area contributed by atoms with Crippen LogP contribution >= 0.6 is 0 Å². The van der Waals surface area contributed by atoms with Crippen LogP contribution in [-0.2, 0) is 20.1 Å². The fourth-order valence-corrected chi connectivity index (χ4v) is 3.40. The summed E-state index contributed by atoms with van der Waals surface area (Å²) >= 11 is 0. The molecule has 0 saturated carbocycles. The molecule has 0 aliphatic carbocycles. The molecule has 0 atom stereocenters. The molecule has 163 valence electrons. The molecule has 0 fully saturated rings. The second-order valence-electron chi connectivity index (χ2n) is 7.15. The molecular formula is C25H21IrN5O-2. The van der Waals surface area contributed by atoms with Crippen LogP contribution < -0.4 is 10.5 Å². The minimum Gasteiger partial charge on any atom is -0.441 e. The summed E-state index contributed by atoms with van der Waals surface area (Å²) in [4.78, 5) is 29.0. The number of aromatic nitrogens is 5. The van der Waals surface area contributed by atoms with Crippen molar-refractivity contribution in [2.24, 2.45) is 0 Å². The van der Waals surface area contributed by atoms with Gasteiger partial charge < -0.3 is 19.2 Å². The van der Waals surface area contributed by atoms with E-state index in [2.05, 4.69) is 26.1 Å². The van der Waals surface area contributed by atoms with Gasteiger partial charge >= 0.3 is 0 Å². The Morgan fingerprint density at radius 2 is 1.66 bits per heavy atom. The molecule has 1 aromatic carbocycles. The maximum Gasteiger partial charge on any atom is 0.173 e. The molecule has 32 heavy (non-hydrogen) atoms. The Kier molecular flexibility index (Phi) is 7.46. The molecule has 6 nitrogen and oxygen atoms in total. The first-order chi connectivity index (χ1) is 15.0. The molecule has 1 radical (unpaired) electrons. The topological polar surface area (TPSA) is 74.2 Å². The summed E-state index contributed by atoms with van der Waals surface area (Å²) < 4.78 is 1.46. The third-order valence-electron chi connectivity index (χ3n) is 4.90. The number of hydrogen-bond donors (Lipinski definition) is 0. The Bertz CT molecular complexity index is 1360. The standard InChI is InChI=1S/C17H15N2O.C8H6N3.Ir/c1-11-6-4-7-12(2)16(11)14-10-15(20)19-9-5-8-13(3)17(19)18-14;1-2-4-9-7(3-1)8-10-5-6-11-8;/h4-8,10H,1-3H3;1-6H;/q2*-1;. The number of benzene rings is 1. The Labute approximate surface area is 199 Å². The zero-order chi connectivity index (χ0) is 21.8. The van der Waals surface area contributed by atoms with Gasteiger partial charge in [-0.15, -0.1) is 12.1 Å². The molecule has 5 rings (SSSR count). The van der Waals surface area contributed by atoms with E-state index in [4.69, 9.17) is 0 Å². The SMILES string of the molecule is Cc1cccc(C)c1-c1cc(=O)n2[c-]ccc(C)c2n1.[Ir].c1ccc(-c2ncc[n-]2)nc1. The minimum absolute atomic E-state index is 0. The van der Waals surface area contributed by atoms with Gasteiger partial charge in [0.05, 0.1) is 17.0 Å². The predicted octanol–water partition coefficient (Wildman–Crippen LogP) is 4.19. The largest absolute Gasteiger partial charge is 0.441 e. The number of fused-ring (bicyclic) bond motifs is 1. The van der Waals surface area contributed by atoms with Gasteiger partial charge in [0.25, 0.3) is 0 Å². The Balaban J connectivity index is 0.000000204. The van der Waals surface area contributed by atoms with E-state index >= 15 is 0 Å². The third kappa shape index (κ3) is 4.90. The molecule has 5 aromatic rings. The molecule has 0 unspecified atom stereocenters. The van der Waals surface area contributed by atoms with E-state index in [0.29, 0.717) is 11.5 Å². The second-order valence-corrected chi connectivity index (χ2v) is 7.15. The number of hydrogen-bond acceptors (Lipinski definition) is 4. The molecular weight excluding hydrogens is 579 g/mol. The molecule has 7 heteroatoms. The van der Waals surface area contributed by atoms with Crippen LogP contribution in [0.25, 0.3) is 28.4 Å². The molecule has 4 aromatic heterocycles. The average Bonchev–Trinajstić information content (AvgIpc) is 3.31. The first-order valence-corrected chi connectivity index (χ1v) is 9.87. The number of imidazole rings is 1. The van der Waals surface area contributed by atoms with Gasteiger partial charge in [-0.25, -0.2) is 0 Å². The zero-order valence-electron chi connectivity index (χ0n) is 17.9. The van der Waals surface area contributed by atoms with Crippen LogP contribution in [0.1, 0.15) is 16.7 Å². The van der Waals surface area contributed by atoms with Crippen molar-refractivity contribution < 1.29 is 20.1 Å². The molecule has 0 aliphatic rings. The van der Waals surface area contributed by atoms with Crippen molar-refractivity contribution in [3.63, 3.8) is 0 Å². The fourth-order valence-electron chi connectivity index (χ4n) is 3.40. The quantitative estimate of drug-likeness (QED) is 0.285. The van der Waals surface area contributed by atoms with E-state index in [9.17, 15) is 4.79 Å². The van der Waals surface area contributed by atoms with Crippen LogP contribution in [0, 0.1) is 27.0 Å². The number of pyridine rings is 2. The first-order valence-electron chi connectivity index (χ1n) is 9.87. The number of rotatable bonds is 2. The summed E-state index contributed by atoms with van der Waals surface area (Å²) in [5.74, 6) is 0.686. The maximum absolute atomic E-state index is 12.2. The van der Waals surface area contributed by atoms with Gasteiger partial charge in [0.2, 0.25) is 0 Å². The molecule has 0 aliphatic heterocycles. The molecule has 0 saturated heterocycles. The molecule has 0 N–H and O–H groups in total. The smallest absolute Gasteiger partial charge is 0.173 e. The molecule has 0 spiro atoms. The van der Waals surface area contributed by atoms with E-state index in [0.717, 1.165) is 33.6 Å². The normalized spacial score (nSPS) is 10.2. The summed E-state index contributed by atoms with van der Waals surface area (Å²) in [7, 11) is 0. The van der Waals surface area contributed by atoms with Gasteiger partial charge in [0.1, 0.15) is 0 Å². The van der Waals surface area contributed by atoms with Crippen molar-refractivity contribution in [3.05, 3.63) is 106 Å². The number of aryl methyl sites for hydroxylation is 3.